The molecule has 14 heteroatoms. The van der Waals surface area contributed by atoms with E-state index in [-0.39, 0.29) is 55.9 Å². The van der Waals surface area contributed by atoms with E-state index in [0.717, 1.165) is 11.1 Å². The van der Waals surface area contributed by atoms with Gasteiger partial charge in [-0.2, -0.15) is 0 Å². The zero-order chi connectivity index (χ0) is 44.0. The Morgan fingerprint density at radius 3 is 1.90 bits per heavy atom. The molecule has 5 unspecified atom stereocenters. The summed E-state index contributed by atoms with van der Waals surface area (Å²) >= 11 is 0. The lowest BCUT2D eigenvalue weighted by atomic mass is 9.93. The number of nitrogens with zero attached hydrogens (tertiary/aromatic N) is 2. The van der Waals surface area contributed by atoms with E-state index in [0.29, 0.717) is 39.1 Å². The van der Waals surface area contributed by atoms with E-state index >= 15 is 0 Å². The van der Waals surface area contributed by atoms with Gasteiger partial charge in [-0.1, -0.05) is 88.4 Å². The van der Waals surface area contributed by atoms with Crippen molar-refractivity contribution in [3.63, 3.8) is 0 Å². The number of aryl methyl sites for hydroxylation is 1. The average molecular weight is 834 g/mol. The van der Waals surface area contributed by atoms with Crippen LogP contribution >= 0.6 is 0 Å². The predicted molar refractivity (Wildman–Crippen MR) is 227 cm³/mol. The summed E-state index contributed by atoms with van der Waals surface area (Å²) < 4.78 is 16.7. The van der Waals surface area contributed by atoms with Gasteiger partial charge in [0.25, 0.3) is 0 Å². The molecule has 2 aromatic carbocycles. The van der Waals surface area contributed by atoms with Crippen molar-refractivity contribution in [2.24, 2.45) is 17.3 Å². The second-order valence-corrected chi connectivity index (χ2v) is 18.1. The summed E-state index contributed by atoms with van der Waals surface area (Å²) in [5.41, 5.74) is -0.188. The lowest BCUT2D eigenvalue weighted by Crippen LogP contribution is -2.60. The molecule has 5 atom stereocenters. The zero-order valence-electron chi connectivity index (χ0n) is 36.8. The topological polar surface area (TPSA) is 176 Å². The van der Waals surface area contributed by atoms with Gasteiger partial charge in [-0.25, -0.2) is 0 Å². The number of esters is 1. The highest BCUT2D eigenvalue weighted by Crippen LogP contribution is 2.30. The Morgan fingerprint density at radius 1 is 0.783 bits per heavy atom. The minimum atomic E-state index is -1.22. The first-order valence-electron chi connectivity index (χ1n) is 21.3. The van der Waals surface area contributed by atoms with Crippen molar-refractivity contribution >= 4 is 35.4 Å². The number of Topliss-reactive ketones (excluding diaryl/α,β-unsaturated/α-hetero) is 1. The first-order chi connectivity index (χ1) is 28.4. The van der Waals surface area contributed by atoms with Crippen LogP contribution in [0.1, 0.15) is 85.8 Å². The molecule has 4 amide bonds. The van der Waals surface area contributed by atoms with Gasteiger partial charge < -0.3 is 30.2 Å². The molecule has 0 saturated carbocycles. The number of carbonyl (C=O) groups is 6. The molecule has 60 heavy (non-hydrogen) atoms. The van der Waals surface area contributed by atoms with E-state index in [2.05, 4.69) is 16.0 Å². The van der Waals surface area contributed by atoms with Gasteiger partial charge in [0.1, 0.15) is 23.7 Å². The van der Waals surface area contributed by atoms with Crippen molar-refractivity contribution in [3.8, 4) is 0 Å². The van der Waals surface area contributed by atoms with Gasteiger partial charge in [-0.05, 0) is 76.3 Å². The second kappa shape index (κ2) is 22.3. The van der Waals surface area contributed by atoms with Gasteiger partial charge in [0.2, 0.25) is 23.6 Å². The number of hydrogen-bond acceptors (Lipinski definition) is 10. The highest BCUT2D eigenvalue weighted by atomic mass is 16.6. The first-order valence-corrected chi connectivity index (χ1v) is 21.3. The van der Waals surface area contributed by atoms with E-state index in [4.69, 9.17) is 14.2 Å². The number of amides is 4. The van der Waals surface area contributed by atoms with Crippen LogP contribution in [0.25, 0.3) is 0 Å². The van der Waals surface area contributed by atoms with Crippen LogP contribution in [-0.4, -0.2) is 121 Å². The van der Waals surface area contributed by atoms with Crippen LogP contribution in [-0.2, 0) is 55.8 Å². The molecule has 330 valence electrons. The van der Waals surface area contributed by atoms with Crippen LogP contribution in [0.2, 0.25) is 0 Å². The van der Waals surface area contributed by atoms with Gasteiger partial charge in [0.15, 0.2) is 12.5 Å². The Hall–Kier alpha value is -4.66. The molecule has 4 rings (SSSR count). The van der Waals surface area contributed by atoms with Gasteiger partial charge in [0.05, 0.1) is 37.8 Å². The minimum Gasteiger partial charge on any atom is -0.444 e. The number of ether oxygens (including phenoxy) is 3. The molecule has 2 heterocycles. The summed E-state index contributed by atoms with van der Waals surface area (Å²) in [7, 11) is 0. The third-order valence-electron chi connectivity index (χ3n) is 10.6. The Labute approximate surface area is 355 Å². The number of rotatable bonds is 22. The fourth-order valence-corrected chi connectivity index (χ4v) is 7.01. The lowest BCUT2D eigenvalue weighted by molar-refractivity contribution is -0.166. The number of ketones is 1. The summed E-state index contributed by atoms with van der Waals surface area (Å²) in [6.07, 6.45) is 1.24. The third kappa shape index (κ3) is 15.1. The van der Waals surface area contributed by atoms with E-state index in [1.807, 2.05) is 93.3 Å². The maximum Gasteiger partial charge on any atom is 0.312 e. The highest BCUT2D eigenvalue weighted by molar-refractivity contribution is 5.99. The number of benzene rings is 2. The smallest absolute Gasteiger partial charge is 0.312 e. The molecule has 3 N–H and O–H groups in total. The quantitative estimate of drug-likeness (QED) is 0.0899. The van der Waals surface area contributed by atoms with Crippen molar-refractivity contribution in [1.82, 2.24) is 25.8 Å². The molecule has 0 radical (unpaired) electrons. The van der Waals surface area contributed by atoms with Crippen molar-refractivity contribution in [3.05, 3.63) is 71.8 Å². The number of nitrogens with one attached hydrogen (secondary N) is 3. The van der Waals surface area contributed by atoms with Crippen molar-refractivity contribution in [1.29, 1.82) is 0 Å². The molecular formula is C46H67N5O9. The molecule has 2 saturated heterocycles. The lowest BCUT2D eigenvalue weighted by Gasteiger charge is -2.36. The van der Waals surface area contributed by atoms with Crippen LogP contribution in [0.4, 0.5) is 0 Å². The molecule has 2 aliphatic rings. The van der Waals surface area contributed by atoms with Crippen LogP contribution in [0.5, 0.6) is 0 Å². The number of hydrogen-bond donors (Lipinski definition) is 3. The molecule has 0 aromatic heterocycles. The Morgan fingerprint density at radius 2 is 1.35 bits per heavy atom. The number of morpholine rings is 1. The fourth-order valence-electron chi connectivity index (χ4n) is 7.01. The molecule has 0 aliphatic carbocycles. The van der Waals surface area contributed by atoms with Crippen LogP contribution in [0.15, 0.2) is 60.7 Å². The van der Waals surface area contributed by atoms with E-state index in [1.54, 1.807) is 27.7 Å². The predicted octanol–water partition coefficient (Wildman–Crippen LogP) is 3.84. The third-order valence-corrected chi connectivity index (χ3v) is 10.6. The van der Waals surface area contributed by atoms with E-state index in [1.165, 1.54) is 4.90 Å². The first kappa shape index (κ1) is 48.0. The molecule has 2 aliphatic heterocycles. The number of epoxide rings is 1. The largest absolute Gasteiger partial charge is 0.444 e. The van der Waals surface area contributed by atoms with Gasteiger partial charge >= 0.3 is 5.97 Å². The Bertz CT molecular complexity index is 1740. The normalized spacial score (nSPS) is 18.8. The summed E-state index contributed by atoms with van der Waals surface area (Å²) in [6, 6.07) is 14.4. The minimum absolute atomic E-state index is 0.0508. The summed E-state index contributed by atoms with van der Waals surface area (Å²) in [6.45, 7) is 16.4. The average Bonchev–Trinajstić information content (AvgIpc) is 3.96. The monoisotopic (exact) mass is 833 g/mol. The molecule has 2 aromatic rings. The van der Waals surface area contributed by atoms with Crippen molar-refractivity contribution in [2.45, 2.75) is 117 Å². The van der Waals surface area contributed by atoms with Crippen LogP contribution in [0.3, 0.4) is 0 Å². The molecule has 14 nitrogen and oxygen atoms in total. The van der Waals surface area contributed by atoms with Crippen LogP contribution < -0.4 is 16.0 Å². The molecular weight excluding hydrogens is 767 g/mol. The zero-order valence-corrected chi connectivity index (χ0v) is 36.8. The van der Waals surface area contributed by atoms with E-state index in [9.17, 15) is 28.8 Å². The van der Waals surface area contributed by atoms with Crippen molar-refractivity contribution in [2.75, 3.05) is 46.2 Å². The summed E-state index contributed by atoms with van der Waals surface area (Å²) in [5.74, 6) is -3.07. The Kier molecular flexibility index (Phi) is 17.8. The van der Waals surface area contributed by atoms with Crippen LogP contribution in [0, 0.1) is 17.3 Å². The fraction of sp³-hybridized carbons (Fsp3) is 0.609. The standard InChI is InChI=1S/C46H67N5O9/c1-31(2)25-36(40(53)46(8)29-60-46)48-41(54)37(27-34-17-13-10-14-18-34)49-42(55)38(26-32(3)4)51(30-59-44(57)45(5,6)7)43(56)35(20-19-33-15-11-9-12-16-33)47-39(52)28-50-21-23-58-24-22-50/h9-18,31-32,35-38H,19-30H2,1-8H3,(H,47,52)(H,48,54)(H,49,55). The maximum absolute atomic E-state index is 15.0. The maximum atomic E-state index is 15.0. The molecule has 0 spiro atoms. The SMILES string of the molecule is CC(C)CC(NC(=O)C(Cc1ccccc1)NC(=O)C(CC(C)C)N(COC(=O)C(C)(C)C)C(=O)C(CCc1ccccc1)NC(=O)CN1CCOCC1)C(=O)C1(C)CO1. The van der Waals surface area contributed by atoms with Gasteiger partial charge in [-0.15, -0.1) is 0 Å². The Balaban J connectivity index is 1.70. The summed E-state index contributed by atoms with van der Waals surface area (Å²) in [5, 5.41) is 8.80. The highest BCUT2D eigenvalue weighted by Gasteiger charge is 2.50. The van der Waals surface area contributed by atoms with Gasteiger partial charge in [0, 0.05) is 19.5 Å². The molecule has 2 fully saturated rings. The van der Waals surface area contributed by atoms with E-state index < -0.39 is 65.6 Å². The second-order valence-electron chi connectivity index (χ2n) is 18.1. The van der Waals surface area contributed by atoms with Gasteiger partial charge in [-0.3, -0.25) is 38.6 Å². The summed E-state index contributed by atoms with van der Waals surface area (Å²) in [4.78, 5) is 87.6. The molecule has 0 bridgehead atoms. The van der Waals surface area contributed by atoms with Crippen molar-refractivity contribution < 1.29 is 43.0 Å². The number of carbonyl (C=O) groups excluding carboxylic acids is 6.